The van der Waals surface area contributed by atoms with E-state index in [0.29, 0.717) is 6.42 Å². The molecule has 492 valence electrons. The molecule has 0 saturated carbocycles. The van der Waals surface area contributed by atoms with Crippen molar-refractivity contribution in [2.24, 2.45) is 5.73 Å². The molecular weight excluding hydrogens is 1070 g/mol. The molecular formula is C75H134NO8P. The van der Waals surface area contributed by atoms with Gasteiger partial charge in [-0.25, -0.2) is 4.57 Å². The molecule has 9 nitrogen and oxygen atoms in total. The van der Waals surface area contributed by atoms with Gasteiger partial charge in [0.15, 0.2) is 6.10 Å². The fraction of sp³-hybridized carbons (Fsp3) is 0.760. The normalized spacial score (nSPS) is 13.5. The van der Waals surface area contributed by atoms with Gasteiger partial charge in [0.05, 0.1) is 13.2 Å². The number of hydrogen-bond donors (Lipinski definition) is 2. The second-order valence-electron chi connectivity index (χ2n) is 23.7. The molecule has 0 spiro atoms. The van der Waals surface area contributed by atoms with Crippen molar-refractivity contribution in [3.05, 3.63) is 97.2 Å². The van der Waals surface area contributed by atoms with Crippen LogP contribution in [-0.4, -0.2) is 49.3 Å². The number of ether oxygens (including phenoxy) is 2. The highest BCUT2D eigenvalue weighted by molar-refractivity contribution is 7.47. The third-order valence-electron chi connectivity index (χ3n) is 15.5. The molecule has 3 N–H and O–H groups in total. The Balaban J connectivity index is 3.85. The molecule has 0 bridgehead atoms. The topological polar surface area (TPSA) is 134 Å². The highest BCUT2D eigenvalue weighted by atomic mass is 31.2. The summed E-state index contributed by atoms with van der Waals surface area (Å²) in [6.07, 6.45) is 95.0. The predicted molar refractivity (Wildman–Crippen MR) is 367 cm³/mol. The van der Waals surface area contributed by atoms with Crippen LogP contribution in [0.4, 0.5) is 0 Å². The third-order valence-corrected chi connectivity index (χ3v) is 16.4. The number of rotatable bonds is 67. The van der Waals surface area contributed by atoms with Gasteiger partial charge in [0.1, 0.15) is 6.61 Å². The van der Waals surface area contributed by atoms with E-state index >= 15 is 0 Å². The summed E-state index contributed by atoms with van der Waals surface area (Å²) < 4.78 is 33.2. The van der Waals surface area contributed by atoms with Crippen molar-refractivity contribution in [2.45, 2.75) is 341 Å². The number of allylic oxidation sites excluding steroid dienone is 16. The average molecular weight is 1210 g/mol. The van der Waals surface area contributed by atoms with E-state index in [1.807, 2.05) is 0 Å². The van der Waals surface area contributed by atoms with E-state index in [-0.39, 0.29) is 38.6 Å². The van der Waals surface area contributed by atoms with Crippen LogP contribution >= 0.6 is 7.82 Å². The Hall–Kier alpha value is -3.07. The maximum absolute atomic E-state index is 12.8. The highest BCUT2D eigenvalue weighted by Gasteiger charge is 2.26. The van der Waals surface area contributed by atoms with Gasteiger partial charge in [-0.05, 0) is 96.3 Å². The van der Waals surface area contributed by atoms with Crippen LogP contribution in [0, 0.1) is 0 Å². The molecule has 0 aliphatic rings. The van der Waals surface area contributed by atoms with Crippen molar-refractivity contribution in [1.82, 2.24) is 0 Å². The molecule has 10 heteroatoms. The molecule has 0 aliphatic carbocycles. The molecule has 0 aliphatic heterocycles. The summed E-state index contributed by atoms with van der Waals surface area (Å²) in [4.78, 5) is 35.4. The summed E-state index contributed by atoms with van der Waals surface area (Å²) in [5.74, 6) is -0.815. The quantitative estimate of drug-likeness (QED) is 0.0264. The third kappa shape index (κ3) is 69.9. The molecule has 0 aromatic rings. The van der Waals surface area contributed by atoms with Crippen LogP contribution in [-0.2, 0) is 32.7 Å². The molecule has 0 aromatic heterocycles. The van der Waals surface area contributed by atoms with Crippen molar-refractivity contribution < 1.29 is 37.6 Å². The fourth-order valence-corrected chi connectivity index (χ4v) is 11.0. The summed E-state index contributed by atoms with van der Waals surface area (Å²) in [5.41, 5.74) is 5.40. The van der Waals surface area contributed by atoms with Crippen LogP contribution in [0.2, 0.25) is 0 Å². The van der Waals surface area contributed by atoms with Crippen molar-refractivity contribution in [3.63, 3.8) is 0 Å². The molecule has 0 radical (unpaired) electrons. The number of phosphoric acid groups is 1. The molecule has 0 fully saturated rings. The van der Waals surface area contributed by atoms with Crippen LogP contribution < -0.4 is 5.73 Å². The van der Waals surface area contributed by atoms with E-state index in [1.165, 1.54) is 218 Å². The Kier molecular flexibility index (Phi) is 67.5. The van der Waals surface area contributed by atoms with Gasteiger partial charge in [-0.2, -0.15) is 0 Å². The number of carbonyl (C=O) groups excluding carboxylic acids is 2. The van der Waals surface area contributed by atoms with Gasteiger partial charge in [0.25, 0.3) is 0 Å². The molecule has 0 heterocycles. The lowest BCUT2D eigenvalue weighted by Crippen LogP contribution is -2.29. The summed E-state index contributed by atoms with van der Waals surface area (Å²) >= 11 is 0. The van der Waals surface area contributed by atoms with E-state index in [2.05, 4.69) is 111 Å². The van der Waals surface area contributed by atoms with E-state index in [9.17, 15) is 19.0 Å². The second kappa shape index (κ2) is 70.0. The Labute approximate surface area is 525 Å². The number of hydrogen-bond acceptors (Lipinski definition) is 8. The van der Waals surface area contributed by atoms with Crippen molar-refractivity contribution in [2.75, 3.05) is 26.4 Å². The molecule has 2 unspecified atom stereocenters. The minimum atomic E-state index is -4.40. The summed E-state index contributed by atoms with van der Waals surface area (Å²) in [7, 11) is -4.40. The van der Waals surface area contributed by atoms with Gasteiger partial charge < -0.3 is 20.1 Å². The summed E-state index contributed by atoms with van der Waals surface area (Å²) in [6, 6.07) is 0. The zero-order valence-electron chi connectivity index (χ0n) is 55.3. The minimum Gasteiger partial charge on any atom is -0.462 e. The lowest BCUT2D eigenvalue weighted by molar-refractivity contribution is -0.161. The first kappa shape index (κ1) is 81.9. The van der Waals surface area contributed by atoms with Crippen molar-refractivity contribution in [3.8, 4) is 0 Å². The molecule has 85 heavy (non-hydrogen) atoms. The van der Waals surface area contributed by atoms with E-state index < -0.39 is 26.5 Å². The zero-order chi connectivity index (χ0) is 61.6. The number of carbonyl (C=O) groups is 2. The number of unbranched alkanes of at least 4 members (excludes halogenated alkanes) is 38. The van der Waals surface area contributed by atoms with Gasteiger partial charge in [0.2, 0.25) is 0 Å². The lowest BCUT2D eigenvalue weighted by atomic mass is 10.0. The Morgan fingerprint density at radius 1 is 0.365 bits per heavy atom. The number of esters is 2. The minimum absolute atomic E-state index is 0.0523. The number of phosphoric ester groups is 1. The first-order valence-corrected chi connectivity index (χ1v) is 37.2. The van der Waals surface area contributed by atoms with Crippen LogP contribution in [0.15, 0.2) is 97.2 Å². The number of nitrogens with two attached hydrogens (primary N) is 1. The molecule has 0 rings (SSSR count). The monoisotopic (exact) mass is 1210 g/mol. The smallest absolute Gasteiger partial charge is 0.462 e. The standard InChI is InChI=1S/C75H134NO8P/c1-3-5-7-9-11-13-15-17-19-21-23-25-27-29-31-32-33-34-35-36-37-38-39-40-42-44-46-48-50-52-54-56-58-60-62-64-66-68-75(78)84-73(72-83-85(79,80)82-70-69-76)71-81-74(77)67-65-63-61-59-57-55-53-51-49-47-45-43-41-30-28-26-24-22-20-18-16-14-12-10-8-6-4-2/h5,7,11,13,16-19,22-25,29,31,33-34,73H,3-4,6,8-10,12,14-15,20-21,26-28,30,32,35-72,76H2,1-2H3,(H,79,80)/b7-5-,13-11-,18-16-,19-17-,24-22-,25-23-,31-29-,34-33-. The second-order valence-corrected chi connectivity index (χ2v) is 25.2. The summed E-state index contributed by atoms with van der Waals surface area (Å²) in [6.45, 7) is 3.66. The maximum Gasteiger partial charge on any atom is 0.472 e. The first-order chi connectivity index (χ1) is 41.8. The largest absolute Gasteiger partial charge is 0.472 e. The van der Waals surface area contributed by atoms with Gasteiger partial charge in [-0.15, -0.1) is 0 Å². The zero-order valence-corrected chi connectivity index (χ0v) is 56.2. The van der Waals surface area contributed by atoms with Crippen LogP contribution in [0.5, 0.6) is 0 Å². The average Bonchev–Trinajstić information content (AvgIpc) is 3.52. The van der Waals surface area contributed by atoms with E-state index in [1.54, 1.807) is 0 Å². The predicted octanol–water partition coefficient (Wildman–Crippen LogP) is 23.5. The van der Waals surface area contributed by atoms with Gasteiger partial charge >= 0.3 is 19.8 Å². The maximum atomic E-state index is 12.8. The Bertz CT molecular complexity index is 1720. The van der Waals surface area contributed by atoms with Crippen LogP contribution in [0.3, 0.4) is 0 Å². The van der Waals surface area contributed by atoms with Crippen molar-refractivity contribution >= 4 is 19.8 Å². The Morgan fingerprint density at radius 2 is 0.647 bits per heavy atom. The van der Waals surface area contributed by atoms with E-state index in [4.69, 9.17) is 24.3 Å². The summed E-state index contributed by atoms with van der Waals surface area (Å²) in [5, 5.41) is 0. The molecule has 0 amide bonds. The van der Waals surface area contributed by atoms with Gasteiger partial charge in [0, 0.05) is 19.4 Å². The Morgan fingerprint density at radius 3 is 0.965 bits per heavy atom. The van der Waals surface area contributed by atoms with Crippen molar-refractivity contribution in [1.29, 1.82) is 0 Å². The lowest BCUT2D eigenvalue weighted by Gasteiger charge is -2.19. The first-order valence-electron chi connectivity index (χ1n) is 35.7. The highest BCUT2D eigenvalue weighted by Crippen LogP contribution is 2.43. The van der Waals surface area contributed by atoms with Crippen LogP contribution in [0.1, 0.15) is 335 Å². The fourth-order valence-electron chi connectivity index (χ4n) is 10.2. The van der Waals surface area contributed by atoms with E-state index in [0.717, 1.165) is 83.5 Å². The SMILES string of the molecule is CC/C=C\C/C=C\C/C=C\C/C=C\C/C=C\C/C=C\CCCCCCCCCCCCCCCCCCCCC(=O)OC(COC(=O)CCCCCCCCCCCCCCCCC/C=C\C/C=C\CCCCCCC)COP(=O)(O)OCCN. The van der Waals surface area contributed by atoms with Gasteiger partial charge in [-0.1, -0.05) is 323 Å². The molecule has 0 saturated heterocycles. The molecule has 0 aromatic carbocycles. The van der Waals surface area contributed by atoms with Crippen LogP contribution in [0.25, 0.3) is 0 Å². The molecule has 2 atom stereocenters. The van der Waals surface area contributed by atoms with Gasteiger partial charge in [-0.3, -0.25) is 18.6 Å².